The molecule has 0 aliphatic carbocycles. The van der Waals surface area contributed by atoms with Crippen molar-refractivity contribution in [1.29, 1.82) is 0 Å². The van der Waals surface area contributed by atoms with Crippen LogP contribution in [0.4, 0.5) is 5.13 Å². The Morgan fingerprint density at radius 1 is 1.09 bits per heavy atom. The Labute approximate surface area is 204 Å². The maximum atomic E-state index is 13.5. The molecule has 3 aromatic rings. The molecule has 0 spiro atoms. The lowest BCUT2D eigenvalue weighted by Gasteiger charge is -2.24. The van der Waals surface area contributed by atoms with Crippen molar-refractivity contribution in [3.05, 3.63) is 86.6 Å². The van der Waals surface area contributed by atoms with Crippen LogP contribution in [0.1, 0.15) is 37.3 Å². The molecule has 8 nitrogen and oxygen atoms in total. The Morgan fingerprint density at radius 2 is 1.74 bits per heavy atom. The van der Waals surface area contributed by atoms with Crippen LogP contribution in [0.3, 0.4) is 0 Å². The molecule has 0 saturated carbocycles. The van der Waals surface area contributed by atoms with Crippen LogP contribution < -0.4 is 9.64 Å². The van der Waals surface area contributed by atoms with Crippen LogP contribution in [0, 0.1) is 6.92 Å². The number of anilines is 1. The zero-order chi connectivity index (χ0) is 24.6. The Hall–Kier alpha value is -3.69. The monoisotopic (exact) mass is 498 g/mol. The second-order valence-electron chi connectivity index (χ2n) is 7.35. The van der Waals surface area contributed by atoms with Crippen LogP contribution in [0.2, 0.25) is 5.02 Å². The molecule has 34 heavy (non-hydrogen) atoms. The van der Waals surface area contributed by atoms with Gasteiger partial charge < -0.3 is 14.6 Å². The SMILES string of the molecule is COC(=O)c1sc(N2C(=O)C(O)=C(C(=O)c3ccc(Cl)cc3)C2c2ccc(OC)cc2)nc1C. The number of benzene rings is 2. The van der Waals surface area contributed by atoms with Gasteiger partial charge in [-0.2, -0.15) is 0 Å². The van der Waals surface area contributed by atoms with E-state index in [4.69, 9.17) is 21.1 Å². The smallest absolute Gasteiger partial charge is 0.350 e. The van der Waals surface area contributed by atoms with Gasteiger partial charge in [-0.25, -0.2) is 9.78 Å². The maximum Gasteiger partial charge on any atom is 0.350 e. The molecule has 2 heterocycles. The Balaban J connectivity index is 1.86. The van der Waals surface area contributed by atoms with Crippen LogP contribution in [-0.4, -0.2) is 42.0 Å². The lowest BCUT2D eigenvalue weighted by Crippen LogP contribution is -2.31. The molecule has 2 aromatic carbocycles. The highest BCUT2D eigenvalue weighted by Gasteiger charge is 2.46. The van der Waals surface area contributed by atoms with E-state index in [0.717, 1.165) is 11.3 Å². The first kappa shape index (κ1) is 23.5. The van der Waals surface area contributed by atoms with Crippen molar-refractivity contribution in [1.82, 2.24) is 4.98 Å². The van der Waals surface area contributed by atoms with E-state index in [1.165, 1.54) is 31.3 Å². The van der Waals surface area contributed by atoms with Gasteiger partial charge in [-0.3, -0.25) is 14.5 Å². The highest BCUT2D eigenvalue weighted by atomic mass is 35.5. The molecule has 1 amide bonds. The van der Waals surface area contributed by atoms with Gasteiger partial charge in [0.05, 0.1) is 31.5 Å². The summed E-state index contributed by atoms with van der Waals surface area (Å²) in [4.78, 5) is 44.6. The summed E-state index contributed by atoms with van der Waals surface area (Å²) >= 11 is 6.89. The quantitative estimate of drug-likeness (QED) is 0.388. The molecule has 0 bridgehead atoms. The van der Waals surface area contributed by atoms with Crippen LogP contribution >= 0.6 is 22.9 Å². The van der Waals surface area contributed by atoms with E-state index in [9.17, 15) is 19.5 Å². The number of carbonyl (C=O) groups is 3. The van der Waals surface area contributed by atoms with Crippen LogP contribution in [0.15, 0.2) is 59.9 Å². The summed E-state index contributed by atoms with van der Waals surface area (Å²) in [6.07, 6.45) is 0. The molecule has 1 N–H and O–H groups in total. The summed E-state index contributed by atoms with van der Waals surface area (Å²) in [5.41, 5.74) is 1.06. The number of hydrogen-bond donors (Lipinski definition) is 1. The van der Waals surface area contributed by atoms with Gasteiger partial charge in [0.1, 0.15) is 10.6 Å². The molecule has 1 aromatic heterocycles. The van der Waals surface area contributed by atoms with Crippen LogP contribution in [0.25, 0.3) is 0 Å². The number of rotatable bonds is 6. The van der Waals surface area contributed by atoms with Gasteiger partial charge in [0.15, 0.2) is 16.7 Å². The number of aryl methyl sites for hydroxylation is 1. The lowest BCUT2D eigenvalue weighted by atomic mass is 9.93. The predicted octanol–water partition coefficient (Wildman–Crippen LogP) is 4.68. The molecule has 1 unspecified atom stereocenters. The van der Waals surface area contributed by atoms with Gasteiger partial charge >= 0.3 is 5.97 Å². The average Bonchev–Trinajstić information content (AvgIpc) is 3.35. The molecule has 10 heteroatoms. The van der Waals surface area contributed by atoms with Crippen molar-refractivity contribution in [3.63, 3.8) is 0 Å². The number of aliphatic hydroxyl groups is 1. The van der Waals surface area contributed by atoms with E-state index in [2.05, 4.69) is 4.98 Å². The Morgan fingerprint density at radius 3 is 2.32 bits per heavy atom. The van der Waals surface area contributed by atoms with E-state index >= 15 is 0 Å². The van der Waals surface area contributed by atoms with E-state index in [1.807, 2.05) is 0 Å². The molecule has 0 radical (unpaired) electrons. The van der Waals surface area contributed by atoms with Gasteiger partial charge in [0.2, 0.25) is 0 Å². The minimum absolute atomic E-state index is 0.107. The predicted molar refractivity (Wildman–Crippen MR) is 127 cm³/mol. The first-order chi connectivity index (χ1) is 16.3. The number of halogens is 1. The van der Waals surface area contributed by atoms with E-state index < -0.39 is 29.5 Å². The highest BCUT2D eigenvalue weighted by molar-refractivity contribution is 7.17. The number of aliphatic hydroxyl groups excluding tert-OH is 1. The molecule has 1 aliphatic rings. The largest absolute Gasteiger partial charge is 0.503 e. The fraction of sp³-hybridized carbons (Fsp3) is 0.167. The lowest BCUT2D eigenvalue weighted by molar-refractivity contribution is -0.117. The van der Waals surface area contributed by atoms with Crippen molar-refractivity contribution in [2.24, 2.45) is 0 Å². The standard InChI is InChI=1S/C24H19ClN2O6S/c1-12-21(23(31)33-3)34-24(26-12)27-18(13-6-10-16(32-2)11-7-13)17(20(29)22(27)30)19(28)14-4-8-15(25)9-5-14/h4-11,18,29H,1-3H3. The zero-order valence-electron chi connectivity index (χ0n) is 18.4. The van der Waals surface area contributed by atoms with Crippen LogP contribution in [0.5, 0.6) is 5.75 Å². The number of hydrogen-bond acceptors (Lipinski definition) is 8. The summed E-state index contributed by atoms with van der Waals surface area (Å²) < 4.78 is 10.0. The first-order valence-electron chi connectivity index (χ1n) is 10.0. The number of Topliss-reactive ketones (excluding diaryl/α,β-unsaturated/α-hetero) is 1. The van der Waals surface area contributed by atoms with Crippen LogP contribution in [-0.2, 0) is 9.53 Å². The molecule has 4 rings (SSSR count). The Kier molecular flexibility index (Phi) is 6.41. The number of ketones is 1. The number of nitrogens with zero attached hydrogens (tertiary/aromatic N) is 2. The number of carbonyl (C=O) groups excluding carboxylic acids is 3. The van der Waals surface area contributed by atoms with Crippen molar-refractivity contribution >= 4 is 45.7 Å². The van der Waals surface area contributed by atoms with Crippen molar-refractivity contribution in [3.8, 4) is 5.75 Å². The summed E-state index contributed by atoms with van der Waals surface area (Å²) in [6, 6.07) is 11.9. The number of aromatic nitrogens is 1. The van der Waals surface area contributed by atoms with E-state index in [1.54, 1.807) is 43.3 Å². The minimum atomic E-state index is -0.988. The fourth-order valence-corrected chi connectivity index (χ4v) is 4.80. The topological polar surface area (TPSA) is 106 Å². The van der Waals surface area contributed by atoms with E-state index in [-0.39, 0.29) is 21.1 Å². The van der Waals surface area contributed by atoms with Gasteiger partial charge in [-0.15, -0.1) is 0 Å². The number of thiazole rings is 1. The normalized spacial score (nSPS) is 15.6. The summed E-state index contributed by atoms with van der Waals surface area (Å²) in [5, 5.41) is 11.4. The third-order valence-electron chi connectivity index (χ3n) is 5.35. The fourth-order valence-electron chi connectivity index (χ4n) is 3.66. The molecule has 0 saturated heterocycles. The molecule has 1 atom stereocenters. The number of esters is 1. The summed E-state index contributed by atoms with van der Waals surface area (Å²) in [6.45, 7) is 1.61. The number of ether oxygens (including phenoxy) is 2. The molecular formula is C24H19ClN2O6S. The van der Waals surface area contributed by atoms with Gasteiger partial charge in [-0.05, 0) is 48.9 Å². The summed E-state index contributed by atoms with van der Waals surface area (Å²) in [5.74, 6) is -2.04. The molecular weight excluding hydrogens is 480 g/mol. The molecule has 174 valence electrons. The first-order valence-corrected chi connectivity index (χ1v) is 11.2. The molecule has 0 fully saturated rings. The number of amides is 1. The van der Waals surface area contributed by atoms with Gasteiger partial charge in [0.25, 0.3) is 5.91 Å². The van der Waals surface area contributed by atoms with Crippen molar-refractivity contribution < 1.29 is 29.0 Å². The maximum absolute atomic E-state index is 13.5. The second kappa shape index (κ2) is 9.28. The average molecular weight is 499 g/mol. The zero-order valence-corrected chi connectivity index (χ0v) is 19.9. The number of methoxy groups -OCH3 is 2. The third kappa shape index (κ3) is 4.04. The Bertz CT molecular complexity index is 1310. The van der Waals surface area contributed by atoms with E-state index in [0.29, 0.717) is 22.0 Å². The summed E-state index contributed by atoms with van der Waals surface area (Å²) in [7, 11) is 2.77. The minimum Gasteiger partial charge on any atom is -0.503 e. The second-order valence-corrected chi connectivity index (χ2v) is 8.77. The van der Waals surface area contributed by atoms with Crippen molar-refractivity contribution in [2.45, 2.75) is 13.0 Å². The highest BCUT2D eigenvalue weighted by Crippen LogP contribution is 2.44. The van der Waals surface area contributed by atoms with Gasteiger partial charge in [0, 0.05) is 10.6 Å². The molecule has 1 aliphatic heterocycles. The van der Waals surface area contributed by atoms with Gasteiger partial charge in [-0.1, -0.05) is 35.1 Å². The third-order valence-corrected chi connectivity index (χ3v) is 6.74. The van der Waals surface area contributed by atoms with Crippen molar-refractivity contribution in [2.75, 3.05) is 19.1 Å².